The van der Waals surface area contributed by atoms with Gasteiger partial charge in [-0.1, -0.05) is 39.0 Å². The normalized spacial score (nSPS) is 12.0. The van der Waals surface area contributed by atoms with Crippen LogP contribution in [0.25, 0.3) is 22.2 Å². The predicted octanol–water partition coefficient (Wildman–Crippen LogP) is 4.14. The summed E-state index contributed by atoms with van der Waals surface area (Å²) in [6.45, 7) is 9.91. The lowest BCUT2D eigenvalue weighted by atomic mass is 9.85. The van der Waals surface area contributed by atoms with Gasteiger partial charge in [-0.3, -0.25) is 4.79 Å². The zero-order valence-corrected chi connectivity index (χ0v) is 17.6. The van der Waals surface area contributed by atoms with Gasteiger partial charge >= 0.3 is 0 Å². The number of benzene rings is 1. The van der Waals surface area contributed by atoms with E-state index in [4.69, 9.17) is 4.74 Å². The molecule has 2 aromatic heterocycles. The first-order chi connectivity index (χ1) is 13.2. The maximum absolute atomic E-state index is 12.9. The monoisotopic (exact) mass is 379 g/mol. The number of hydrogen-bond donors (Lipinski definition) is 1. The Kier molecular flexibility index (Phi) is 5.57. The Labute approximate surface area is 166 Å². The fourth-order valence-electron chi connectivity index (χ4n) is 3.18. The van der Waals surface area contributed by atoms with Crippen LogP contribution < -0.4 is 10.2 Å². The van der Waals surface area contributed by atoms with E-state index in [0.717, 1.165) is 28.9 Å². The lowest BCUT2D eigenvalue weighted by Gasteiger charge is -2.20. The van der Waals surface area contributed by atoms with Gasteiger partial charge in [-0.2, -0.15) is 0 Å². The molecule has 5 nitrogen and oxygen atoms in total. The maximum Gasteiger partial charge on any atom is 0.226 e. The summed E-state index contributed by atoms with van der Waals surface area (Å²) >= 11 is 0. The molecule has 0 atom stereocenters. The molecular weight excluding hydrogens is 350 g/mol. The number of ether oxygens (including phenoxy) is 1. The van der Waals surface area contributed by atoms with Crippen molar-refractivity contribution in [1.82, 2.24) is 14.9 Å². The standard InChI is InChI=1S/C23H29N3O2/c1-15-13-16(23(2,3)4)7-8-17(15)19-14-20(27)21-18(25-19)9-10-24-22(21)28-12-11-26(5)6/h7-10,13-14H,11-12H2,1-6H3,(H,25,27). The first-order valence-electron chi connectivity index (χ1n) is 9.58. The molecule has 0 unspecified atom stereocenters. The Morgan fingerprint density at radius 2 is 1.89 bits per heavy atom. The first kappa shape index (κ1) is 20.1. The van der Waals surface area contributed by atoms with Gasteiger partial charge in [0, 0.05) is 30.1 Å². The summed E-state index contributed by atoms with van der Waals surface area (Å²) < 4.78 is 5.76. The summed E-state index contributed by atoms with van der Waals surface area (Å²) in [5.74, 6) is 0.381. The van der Waals surface area contributed by atoms with E-state index in [-0.39, 0.29) is 10.8 Å². The molecule has 0 aliphatic carbocycles. The third-order valence-corrected chi connectivity index (χ3v) is 4.87. The summed E-state index contributed by atoms with van der Waals surface area (Å²) in [4.78, 5) is 22.6. The number of nitrogens with zero attached hydrogens (tertiary/aromatic N) is 2. The van der Waals surface area contributed by atoms with Gasteiger partial charge in [0.1, 0.15) is 12.0 Å². The van der Waals surface area contributed by atoms with Crippen LogP contribution in [-0.4, -0.2) is 42.1 Å². The van der Waals surface area contributed by atoms with Crippen LogP contribution in [0, 0.1) is 6.92 Å². The van der Waals surface area contributed by atoms with Gasteiger partial charge in [-0.25, -0.2) is 4.98 Å². The van der Waals surface area contributed by atoms with E-state index in [2.05, 4.69) is 55.9 Å². The SMILES string of the molecule is Cc1cc(C(C)(C)C)ccc1-c1cc(=O)c2c(OCCN(C)C)nccc2[nH]1. The summed E-state index contributed by atoms with van der Waals surface area (Å²) in [6, 6.07) is 9.87. The molecular formula is C23H29N3O2. The molecule has 3 rings (SSSR count). The second kappa shape index (κ2) is 7.76. The zero-order valence-electron chi connectivity index (χ0n) is 17.6. The fourth-order valence-corrected chi connectivity index (χ4v) is 3.18. The smallest absolute Gasteiger partial charge is 0.226 e. The molecule has 0 aliphatic heterocycles. The minimum atomic E-state index is -0.0870. The molecule has 0 amide bonds. The second-order valence-electron chi connectivity index (χ2n) is 8.52. The average Bonchev–Trinajstić information content (AvgIpc) is 2.60. The lowest BCUT2D eigenvalue weighted by molar-refractivity contribution is 0.256. The summed E-state index contributed by atoms with van der Waals surface area (Å²) in [5, 5.41) is 0.494. The van der Waals surface area contributed by atoms with Crippen molar-refractivity contribution in [2.24, 2.45) is 0 Å². The predicted molar refractivity (Wildman–Crippen MR) is 115 cm³/mol. The van der Waals surface area contributed by atoms with Crippen molar-refractivity contribution in [2.45, 2.75) is 33.1 Å². The fraction of sp³-hybridized carbons (Fsp3) is 0.391. The van der Waals surface area contributed by atoms with Crippen LogP contribution in [-0.2, 0) is 5.41 Å². The van der Waals surface area contributed by atoms with Crippen molar-refractivity contribution in [3.63, 3.8) is 0 Å². The van der Waals surface area contributed by atoms with E-state index in [1.165, 1.54) is 5.56 Å². The van der Waals surface area contributed by atoms with Crippen molar-refractivity contribution >= 4 is 10.9 Å². The lowest BCUT2D eigenvalue weighted by Crippen LogP contribution is -2.20. The van der Waals surface area contributed by atoms with Gasteiger partial charge in [0.25, 0.3) is 0 Å². The van der Waals surface area contributed by atoms with Crippen molar-refractivity contribution in [3.05, 3.63) is 57.9 Å². The molecule has 0 saturated heterocycles. The zero-order chi connectivity index (χ0) is 20.5. The van der Waals surface area contributed by atoms with E-state index >= 15 is 0 Å². The van der Waals surface area contributed by atoms with Gasteiger partial charge < -0.3 is 14.6 Å². The number of fused-ring (bicyclic) bond motifs is 1. The minimum Gasteiger partial charge on any atom is -0.476 e. The number of aromatic amines is 1. The number of nitrogens with one attached hydrogen (secondary N) is 1. The number of H-pyrrole nitrogens is 1. The van der Waals surface area contributed by atoms with Crippen LogP contribution in [0.5, 0.6) is 5.88 Å². The third-order valence-electron chi connectivity index (χ3n) is 4.87. The van der Waals surface area contributed by atoms with E-state index in [9.17, 15) is 4.79 Å². The maximum atomic E-state index is 12.9. The molecule has 0 fully saturated rings. The van der Waals surface area contributed by atoms with Gasteiger partial charge in [-0.15, -0.1) is 0 Å². The van der Waals surface area contributed by atoms with Crippen LogP contribution in [0.15, 0.2) is 41.3 Å². The van der Waals surface area contributed by atoms with Crippen molar-refractivity contribution in [1.29, 1.82) is 0 Å². The van der Waals surface area contributed by atoms with E-state index < -0.39 is 0 Å². The van der Waals surface area contributed by atoms with Gasteiger partial charge in [0.2, 0.25) is 5.88 Å². The molecule has 0 spiro atoms. The molecule has 0 bridgehead atoms. The highest BCUT2D eigenvalue weighted by atomic mass is 16.5. The number of aromatic nitrogens is 2. The Bertz CT molecular complexity index is 1050. The highest BCUT2D eigenvalue weighted by Crippen LogP contribution is 2.29. The average molecular weight is 380 g/mol. The Hall–Kier alpha value is -2.66. The summed E-state index contributed by atoms with van der Waals surface area (Å²) in [6.07, 6.45) is 1.67. The molecule has 148 valence electrons. The van der Waals surface area contributed by atoms with E-state index in [0.29, 0.717) is 17.9 Å². The Morgan fingerprint density at radius 3 is 2.54 bits per heavy atom. The Balaban J connectivity index is 2.02. The number of hydrogen-bond acceptors (Lipinski definition) is 4. The number of aryl methyl sites for hydroxylation is 1. The second-order valence-corrected chi connectivity index (χ2v) is 8.52. The van der Waals surface area contributed by atoms with Gasteiger partial charge in [-0.05, 0) is 43.6 Å². The van der Waals surface area contributed by atoms with Crippen molar-refractivity contribution < 1.29 is 4.74 Å². The Morgan fingerprint density at radius 1 is 1.14 bits per heavy atom. The van der Waals surface area contributed by atoms with Crippen molar-refractivity contribution in [2.75, 3.05) is 27.2 Å². The molecule has 1 aromatic carbocycles. The minimum absolute atomic E-state index is 0.0870. The molecule has 3 aromatic rings. The summed E-state index contributed by atoms with van der Waals surface area (Å²) in [5.41, 5.74) is 4.98. The van der Waals surface area contributed by atoms with Crippen LogP contribution >= 0.6 is 0 Å². The summed E-state index contributed by atoms with van der Waals surface area (Å²) in [7, 11) is 3.96. The number of rotatable bonds is 5. The third kappa shape index (κ3) is 4.25. The first-order valence-corrected chi connectivity index (χ1v) is 9.58. The van der Waals surface area contributed by atoms with E-state index in [1.54, 1.807) is 12.3 Å². The van der Waals surface area contributed by atoms with Crippen LogP contribution in [0.2, 0.25) is 0 Å². The van der Waals surface area contributed by atoms with Crippen LogP contribution in [0.3, 0.4) is 0 Å². The molecule has 5 heteroatoms. The molecule has 0 radical (unpaired) electrons. The molecule has 28 heavy (non-hydrogen) atoms. The molecule has 0 aliphatic rings. The van der Waals surface area contributed by atoms with Crippen LogP contribution in [0.1, 0.15) is 31.9 Å². The highest BCUT2D eigenvalue weighted by Gasteiger charge is 2.16. The molecule has 0 saturated carbocycles. The number of pyridine rings is 2. The topological polar surface area (TPSA) is 58.2 Å². The largest absolute Gasteiger partial charge is 0.476 e. The highest BCUT2D eigenvalue weighted by molar-refractivity contribution is 5.85. The van der Waals surface area contributed by atoms with Crippen molar-refractivity contribution in [3.8, 4) is 17.1 Å². The van der Waals surface area contributed by atoms with Gasteiger partial charge in [0.05, 0.1) is 5.52 Å². The van der Waals surface area contributed by atoms with E-state index in [1.807, 2.05) is 25.1 Å². The molecule has 1 N–H and O–H groups in total. The molecule has 2 heterocycles. The van der Waals surface area contributed by atoms with Crippen LogP contribution in [0.4, 0.5) is 0 Å². The van der Waals surface area contributed by atoms with Gasteiger partial charge in [0.15, 0.2) is 5.43 Å². The number of likely N-dealkylation sites (N-methyl/N-ethyl adjacent to an activating group) is 1. The quantitative estimate of drug-likeness (QED) is 0.724.